The van der Waals surface area contributed by atoms with Crippen LogP contribution in [0.25, 0.3) is 143 Å². The number of fused-ring (bicyclic) bond motifs is 6. The third-order valence-electron chi connectivity index (χ3n) is 16.9. The van der Waals surface area contributed by atoms with Crippen molar-refractivity contribution in [1.82, 2.24) is 0 Å². The van der Waals surface area contributed by atoms with Crippen molar-refractivity contribution < 1.29 is 0 Å². The Hall–Kier alpha value is -9.62. The third kappa shape index (κ3) is 8.57. The van der Waals surface area contributed by atoms with Crippen LogP contribution in [0.15, 0.2) is 255 Å². The lowest BCUT2D eigenvalue weighted by Gasteiger charge is -2.20. The molecular formula is C80H60. The molecule has 0 N–H and O–H groups in total. The summed E-state index contributed by atoms with van der Waals surface area (Å²) in [6, 6.07) is 96.3. The molecule has 0 saturated heterocycles. The molecule has 380 valence electrons. The molecule has 0 spiro atoms. The van der Waals surface area contributed by atoms with Crippen molar-refractivity contribution >= 4 is 53.9 Å². The molecule has 14 rings (SSSR count). The zero-order chi connectivity index (χ0) is 54.2. The summed E-state index contributed by atoms with van der Waals surface area (Å²) in [6.07, 6.45) is 0. The molecule has 14 aromatic rings. The van der Waals surface area contributed by atoms with Crippen molar-refractivity contribution in [3.63, 3.8) is 0 Å². The summed E-state index contributed by atoms with van der Waals surface area (Å²) >= 11 is 0. The van der Waals surface area contributed by atoms with Crippen LogP contribution in [0.5, 0.6) is 0 Å². The average molecular weight is 1020 g/mol. The summed E-state index contributed by atoms with van der Waals surface area (Å²) in [7, 11) is 0. The maximum atomic E-state index is 2.46. The highest BCUT2D eigenvalue weighted by molar-refractivity contribution is 6.25. The minimum absolute atomic E-state index is 1.16. The van der Waals surface area contributed by atoms with E-state index in [1.54, 1.807) is 0 Å². The van der Waals surface area contributed by atoms with Crippen LogP contribution in [0.2, 0.25) is 0 Å². The van der Waals surface area contributed by atoms with Crippen LogP contribution in [-0.4, -0.2) is 0 Å². The van der Waals surface area contributed by atoms with E-state index < -0.39 is 0 Å². The van der Waals surface area contributed by atoms with Crippen molar-refractivity contribution in [2.75, 3.05) is 0 Å². The Labute approximate surface area is 469 Å². The fourth-order valence-electron chi connectivity index (χ4n) is 13.6. The van der Waals surface area contributed by atoms with Gasteiger partial charge in [0, 0.05) is 0 Å². The molecule has 0 unspecified atom stereocenters. The van der Waals surface area contributed by atoms with Gasteiger partial charge in [-0.2, -0.15) is 0 Å². The highest BCUT2D eigenvalue weighted by atomic mass is 14.2. The van der Waals surface area contributed by atoms with Gasteiger partial charge in [0.05, 0.1) is 0 Å². The fraction of sp³-hybridized carbons (Fsp3) is 0.0750. The molecule has 0 fully saturated rings. The summed E-state index contributed by atoms with van der Waals surface area (Å²) in [5.74, 6) is 0. The molecule has 0 heteroatoms. The van der Waals surface area contributed by atoms with E-state index in [9.17, 15) is 0 Å². The van der Waals surface area contributed by atoms with Crippen molar-refractivity contribution in [3.8, 4) is 89.0 Å². The van der Waals surface area contributed by atoms with Gasteiger partial charge in [-0.1, -0.05) is 205 Å². The molecule has 0 atom stereocenters. The van der Waals surface area contributed by atoms with E-state index in [1.165, 1.54) is 171 Å². The predicted molar refractivity (Wildman–Crippen MR) is 346 cm³/mol. The first kappa shape index (κ1) is 48.7. The monoisotopic (exact) mass is 1020 g/mol. The van der Waals surface area contributed by atoms with Gasteiger partial charge >= 0.3 is 0 Å². The normalized spacial score (nSPS) is 11.6. The first-order valence-electron chi connectivity index (χ1n) is 28.1. The van der Waals surface area contributed by atoms with Crippen molar-refractivity contribution in [2.24, 2.45) is 0 Å². The second-order valence-corrected chi connectivity index (χ2v) is 22.4. The zero-order valence-electron chi connectivity index (χ0n) is 46.2. The van der Waals surface area contributed by atoms with E-state index in [-0.39, 0.29) is 0 Å². The maximum absolute atomic E-state index is 2.46. The number of benzene rings is 14. The van der Waals surface area contributed by atoms with Gasteiger partial charge < -0.3 is 0 Å². The van der Waals surface area contributed by atoms with Crippen LogP contribution in [-0.2, 0) is 0 Å². The van der Waals surface area contributed by atoms with Crippen LogP contribution < -0.4 is 0 Å². The number of rotatable bonds is 8. The summed E-state index contributed by atoms with van der Waals surface area (Å²) in [4.78, 5) is 0. The average Bonchev–Trinajstić information content (AvgIpc) is 3.60. The lowest BCUT2D eigenvalue weighted by molar-refractivity contribution is 1.32. The standard InChI is InChI=1S/C80H60/c1-49-35-51(3)77(52(4)36-49)61-25-16-22-57(39-61)64-43-65(58-23-17-26-62(40-58)78-53(5)37-50(2)38-54(78)6)45-66(44-64)67-42-63(55-19-8-7-9-20-55)46-68(47-67)79-70-28-12-14-30-72(70)80(73-31-15-13-29-71(73)79)74-32-18-24-59-41-60-34-33-56-21-10-11-27-69(56)75(60)48-76(59)74/h7-48H,1-6H3. The Morgan fingerprint density at radius 1 is 0.175 bits per heavy atom. The molecule has 0 aliphatic rings. The van der Waals surface area contributed by atoms with E-state index in [2.05, 4.69) is 296 Å². The molecule has 0 amide bonds. The molecule has 0 aliphatic heterocycles. The Morgan fingerprint density at radius 3 is 1.07 bits per heavy atom. The van der Waals surface area contributed by atoms with Crippen LogP contribution >= 0.6 is 0 Å². The summed E-state index contributed by atoms with van der Waals surface area (Å²) in [5, 5.41) is 12.5. The molecule has 0 aromatic heterocycles. The lowest BCUT2D eigenvalue weighted by atomic mass is 9.83. The molecule has 0 saturated carbocycles. The van der Waals surface area contributed by atoms with Crippen LogP contribution in [0.3, 0.4) is 0 Å². The number of hydrogen-bond donors (Lipinski definition) is 0. The second-order valence-electron chi connectivity index (χ2n) is 22.4. The predicted octanol–water partition coefficient (Wildman–Crippen LogP) is 22.6. The highest BCUT2D eigenvalue weighted by Gasteiger charge is 2.21. The van der Waals surface area contributed by atoms with Gasteiger partial charge in [0.1, 0.15) is 0 Å². The van der Waals surface area contributed by atoms with E-state index in [4.69, 9.17) is 0 Å². The van der Waals surface area contributed by atoms with Gasteiger partial charge in [0.25, 0.3) is 0 Å². The molecule has 80 heavy (non-hydrogen) atoms. The summed E-state index contributed by atoms with van der Waals surface area (Å²) in [6.45, 7) is 13.4. The summed E-state index contributed by atoms with van der Waals surface area (Å²) in [5.41, 5.74) is 27.2. The van der Waals surface area contributed by atoms with Crippen molar-refractivity contribution in [3.05, 3.63) is 288 Å². The van der Waals surface area contributed by atoms with E-state index >= 15 is 0 Å². The third-order valence-corrected chi connectivity index (χ3v) is 16.9. The topological polar surface area (TPSA) is 0 Å². The van der Waals surface area contributed by atoms with Crippen molar-refractivity contribution in [2.45, 2.75) is 41.5 Å². The fourth-order valence-corrected chi connectivity index (χ4v) is 13.6. The Balaban J connectivity index is 1.01. The van der Waals surface area contributed by atoms with E-state index in [1.807, 2.05) is 0 Å². The van der Waals surface area contributed by atoms with Gasteiger partial charge in [-0.3, -0.25) is 0 Å². The molecule has 14 aromatic carbocycles. The minimum Gasteiger partial charge on any atom is -0.0622 e. The molecular weight excluding hydrogens is 961 g/mol. The lowest BCUT2D eigenvalue weighted by Crippen LogP contribution is -1.94. The first-order valence-corrected chi connectivity index (χ1v) is 28.1. The second kappa shape index (κ2) is 19.7. The first-order chi connectivity index (χ1) is 39.1. The highest BCUT2D eigenvalue weighted by Crippen LogP contribution is 2.48. The largest absolute Gasteiger partial charge is 0.0622 e. The van der Waals surface area contributed by atoms with Gasteiger partial charge in [0.15, 0.2) is 0 Å². The van der Waals surface area contributed by atoms with Crippen LogP contribution in [0.4, 0.5) is 0 Å². The van der Waals surface area contributed by atoms with Gasteiger partial charge in [0.2, 0.25) is 0 Å². The molecule has 0 bridgehead atoms. The SMILES string of the molecule is Cc1cc(C)c(-c2cccc(-c3cc(-c4cccc(-c5c(C)cc(C)cc5C)c4)cc(-c4cc(-c5ccccc5)cc(-c5c6ccccc6c(-c6cccc7cc8ccc9ccccc9c8cc67)c6ccccc56)c4)c3)c2)c(C)c1. The number of aryl methyl sites for hydroxylation is 6. The Kier molecular flexibility index (Phi) is 12.0. The summed E-state index contributed by atoms with van der Waals surface area (Å²) < 4.78 is 0. The van der Waals surface area contributed by atoms with Gasteiger partial charge in [-0.25, -0.2) is 0 Å². The molecule has 0 radical (unpaired) electrons. The zero-order valence-corrected chi connectivity index (χ0v) is 46.2. The van der Waals surface area contributed by atoms with E-state index in [0.29, 0.717) is 0 Å². The van der Waals surface area contributed by atoms with Crippen LogP contribution in [0, 0.1) is 41.5 Å². The van der Waals surface area contributed by atoms with Crippen LogP contribution in [0.1, 0.15) is 33.4 Å². The number of hydrogen-bond acceptors (Lipinski definition) is 0. The van der Waals surface area contributed by atoms with Gasteiger partial charge in [-0.15, -0.1) is 0 Å². The maximum Gasteiger partial charge on any atom is -0.00201 e. The molecule has 0 aliphatic carbocycles. The molecule has 0 heterocycles. The smallest absolute Gasteiger partial charge is 0.00201 e. The van der Waals surface area contributed by atoms with Gasteiger partial charge in [-0.05, 0) is 267 Å². The minimum atomic E-state index is 1.16. The van der Waals surface area contributed by atoms with E-state index in [0.717, 1.165) is 5.56 Å². The quantitative estimate of drug-likeness (QED) is 0.105. The Bertz CT molecular complexity index is 4590. The van der Waals surface area contributed by atoms with Crippen molar-refractivity contribution in [1.29, 1.82) is 0 Å². The molecule has 0 nitrogen and oxygen atoms in total. The Morgan fingerprint density at radius 2 is 0.537 bits per heavy atom.